The van der Waals surface area contributed by atoms with Crippen LogP contribution in [0.25, 0.3) is 0 Å². The minimum atomic E-state index is -2.77. The molecule has 19 heavy (non-hydrogen) atoms. The lowest BCUT2D eigenvalue weighted by atomic mass is 9.95. The fourth-order valence-corrected chi connectivity index (χ4v) is 5.27. The Balaban J connectivity index is 1.55. The molecule has 1 aliphatic heterocycles. The molecule has 1 heterocycles. The molecule has 1 saturated carbocycles. The molecule has 0 aromatic heterocycles. The first-order valence-electron chi connectivity index (χ1n) is 7.06. The average Bonchev–Trinajstić information content (AvgIpc) is 3.11. The molecule has 104 valence electrons. The van der Waals surface area contributed by atoms with Gasteiger partial charge in [0.25, 0.3) is 0 Å². The van der Waals surface area contributed by atoms with Crippen molar-refractivity contribution in [3.63, 3.8) is 0 Å². The Labute approximate surface area is 115 Å². The van der Waals surface area contributed by atoms with Gasteiger partial charge in [0.2, 0.25) is 0 Å². The van der Waals surface area contributed by atoms with Gasteiger partial charge >= 0.3 is 0 Å². The van der Waals surface area contributed by atoms with Crippen LogP contribution in [-0.2, 0) is 9.84 Å². The topological polar surface area (TPSA) is 60.2 Å². The van der Waals surface area contributed by atoms with Crippen LogP contribution in [0.4, 0.5) is 0 Å². The standard InChI is InChI=1S/C15H21NO2S/c16-15(8-11-6-7-19(17,18)10-11)14-9-13(14)12-4-2-1-3-5-12/h1-5,11,13-15H,6-10,16H2. The van der Waals surface area contributed by atoms with E-state index < -0.39 is 9.84 Å². The molecule has 0 bridgehead atoms. The zero-order valence-electron chi connectivity index (χ0n) is 11.0. The lowest BCUT2D eigenvalue weighted by molar-refractivity contribution is 0.435. The van der Waals surface area contributed by atoms with Crippen LogP contribution >= 0.6 is 0 Å². The Bertz CT molecular complexity index is 541. The van der Waals surface area contributed by atoms with Crippen molar-refractivity contribution in [3.8, 4) is 0 Å². The van der Waals surface area contributed by atoms with Crippen molar-refractivity contribution < 1.29 is 8.42 Å². The molecule has 0 amide bonds. The van der Waals surface area contributed by atoms with Crippen LogP contribution in [0.3, 0.4) is 0 Å². The highest BCUT2D eigenvalue weighted by Crippen LogP contribution is 2.50. The maximum atomic E-state index is 11.5. The summed E-state index contributed by atoms with van der Waals surface area (Å²) in [6.07, 6.45) is 2.83. The third-order valence-electron chi connectivity index (χ3n) is 4.55. The summed E-state index contributed by atoms with van der Waals surface area (Å²) >= 11 is 0. The van der Waals surface area contributed by atoms with Crippen LogP contribution < -0.4 is 5.73 Å². The molecule has 0 spiro atoms. The molecule has 3 rings (SSSR count). The summed E-state index contributed by atoms with van der Waals surface area (Å²) in [6, 6.07) is 10.7. The van der Waals surface area contributed by atoms with E-state index >= 15 is 0 Å². The van der Waals surface area contributed by atoms with Crippen molar-refractivity contribution in [1.82, 2.24) is 0 Å². The molecule has 3 nitrogen and oxygen atoms in total. The molecule has 1 aromatic rings. The molecule has 1 aliphatic carbocycles. The lowest BCUT2D eigenvalue weighted by Gasteiger charge is -2.15. The van der Waals surface area contributed by atoms with Crippen molar-refractivity contribution in [2.24, 2.45) is 17.6 Å². The van der Waals surface area contributed by atoms with Gasteiger partial charge < -0.3 is 5.73 Å². The van der Waals surface area contributed by atoms with Gasteiger partial charge in [0.1, 0.15) is 0 Å². The van der Waals surface area contributed by atoms with Gasteiger partial charge in [-0.3, -0.25) is 0 Å². The zero-order valence-corrected chi connectivity index (χ0v) is 11.9. The van der Waals surface area contributed by atoms with E-state index in [0.717, 1.165) is 19.3 Å². The third kappa shape index (κ3) is 3.00. The van der Waals surface area contributed by atoms with Gasteiger partial charge in [0.05, 0.1) is 11.5 Å². The normalized spacial score (nSPS) is 34.1. The average molecular weight is 279 g/mol. The van der Waals surface area contributed by atoms with E-state index in [4.69, 9.17) is 5.73 Å². The van der Waals surface area contributed by atoms with E-state index in [2.05, 4.69) is 24.3 Å². The second-order valence-corrected chi connectivity index (χ2v) is 8.31. The Kier molecular flexibility index (Phi) is 3.39. The quantitative estimate of drug-likeness (QED) is 0.916. The number of sulfone groups is 1. The molecule has 1 saturated heterocycles. The number of hydrogen-bond acceptors (Lipinski definition) is 3. The number of nitrogens with two attached hydrogens (primary N) is 1. The Morgan fingerprint density at radius 1 is 1.26 bits per heavy atom. The van der Waals surface area contributed by atoms with E-state index in [1.165, 1.54) is 5.56 Å². The molecule has 4 atom stereocenters. The largest absolute Gasteiger partial charge is 0.327 e. The second kappa shape index (κ2) is 4.91. The Hall–Kier alpha value is -0.870. The van der Waals surface area contributed by atoms with Gasteiger partial charge in [-0.2, -0.15) is 0 Å². The smallest absolute Gasteiger partial charge is 0.150 e. The summed E-state index contributed by atoms with van der Waals surface area (Å²) in [5.41, 5.74) is 7.66. The molecule has 4 heteroatoms. The van der Waals surface area contributed by atoms with Crippen LogP contribution in [-0.4, -0.2) is 26.0 Å². The molecule has 2 fully saturated rings. The van der Waals surface area contributed by atoms with E-state index in [9.17, 15) is 8.42 Å². The van der Waals surface area contributed by atoms with E-state index in [-0.39, 0.29) is 12.0 Å². The SMILES string of the molecule is NC(CC1CCS(=O)(=O)C1)C1CC1c1ccccc1. The summed E-state index contributed by atoms with van der Waals surface area (Å²) in [6.45, 7) is 0. The van der Waals surface area contributed by atoms with Gasteiger partial charge in [-0.1, -0.05) is 30.3 Å². The monoisotopic (exact) mass is 279 g/mol. The minimum absolute atomic E-state index is 0.156. The van der Waals surface area contributed by atoms with E-state index in [1.807, 2.05) is 6.07 Å². The van der Waals surface area contributed by atoms with Crippen molar-refractivity contribution in [2.75, 3.05) is 11.5 Å². The van der Waals surface area contributed by atoms with Gasteiger partial charge in [-0.15, -0.1) is 0 Å². The molecule has 0 radical (unpaired) electrons. The fourth-order valence-electron chi connectivity index (χ4n) is 3.39. The first-order valence-corrected chi connectivity index (χ1v) is 8.88. The predicted octanol–water partition coefficient (Wildman–Crippen LogP) is 1.94. The first kappa shape index (κ1) is 13.1. The molecular formula is C15H21NO2S. The van der Waals surface area contributed by atoms with Crippen molar-refractivity contribution >= 4 is 9.84 Å². The van der Waals surface area contributed by atoms with Crippen LogP contribution in [0.2, 0.25) is 0 Å². The summed E-state index contributed by atoms with van der Waals surface area (Å²) in [5.74, 6) is 2.14. The van der Waals surface area contributed by atoms with Crippen molar-refractivity contribution in [2.45, 2.75) is 31.2 Å². The van der Waals surface area contributed by atoms with Crippen LogP contribution in [0.1, 0.15) is 30.7 Å². The third-order valence-corrected chi connectivity index (χ3v) is 6.39. The summed E-state index contributed by atoms with van der Waals surface area (Å²) in [5, 5.41) is 0. The van der Waals surface area contributed by atoms with Crippen LogP contribution in [0.5, 0.6) is 0 Å². The van der Waals surface area contributed by atoms with Gasteiger partial charge in [-0.05, 0) is 42.6 Å². The minimum Gasteiger partial charge on any atom is -0.327 e. The molecule has 2 N–H and O–H groups in total. The van der Waals surface area contributed by atoms with Gasteiger partial charge in [-0.25, -0.2) is 8.42 Å². The Morgan fingerprint density at radius 2 is 2.00 bits per heavy atom. The second-order valence-electron chi connectivity index (χ2n) is 6.09. The van der Waals surface area contributed by atoms with Crippen LogP contribution in [0, 0.1) is 11.8 Å². The zero-order chi connectivity index (χ0) is 13.5. The summed E-state index contributed by atoms with van der Waals surface area (Å²) < 4.78 is 22.9. The van der Waals surface area contributed by atoms with Crippen molar-refractivity contribution in [3.05, 3.63) is 35.9 Å². The predicted molar refractivity (Wildman–Crippen MR) is 76.6 cm³/mol. The van der Waals surface area contributed by atoms with E-state index in [0.29, 0.717) is 23.3 Å². The number of rotatable bonds is 4. The number of benzene rings is 1. The maximum absolute atomic E-state index is 11.5. The Morgan fingerprint density at radius 3 is 2.63 bits per heavy atom. The summed E-state index contributed by atoms with van der Waals surface area (Å²) in [7, 11) is -2.77. The van der Waals surface area contributed by atoms with Crippen LogP contribution in [0.15, 0.2) is 30.3 Å². The van der Waals surface area contributed by atoms with Gasteiger partial charge in [0, 0.05) is 6.04 Å². The first-order chi connectivity index (χ1) is 9.05. The molecule has 4 unspecified atom stereocenters. The molecule has 1 aromatic carbocycles. The highest BCUT2D eigenvalue weighted by Gasteiger charge is 2.43. The molecular weight excluding hydrogens is 258 g/mol. The highest BCUT2D eigenvalue weighted by atomic mass is 32.2. The van der Waals surface area contributed by atoms with E-state index in [1.54, 1.807) is 0 Å². The fraction of sp³-hybridized carbons (Fsp3) is 0.600. The highest BCUT2D eigenvalue weighted by molar-refractivity contribution is 7.91. The van der Waals surface area contributed by atoms with Crippen molar-refractivity contribution in [1.29, 1.82) is 0 Å². The number of hydrogen-bond donors (Lipinski definition) is 1. The van der Waals surface area contributed by atoms with Gasteiger partial charge in [0.15, 0.2) is 9.84 Å². The maximum Gasteiger partial charge on any atom is 0.150 e. The summed E-state index contributed by atoms with van der Waals surface area (Å²) in [4.78, 5) is 0. The molecule has 2 aliphatic rings. The lowest BCUT2D eigenvalue weighted by Crippen LogP contribution is -2.27.